The topological polar surface area (TPSA) is 79.1 Å². The minimum atomic E-state index is 0.611. The number of nitrogens with two attached hydrogens (primary N) is 1. The molecule has 1 aromatic rings. The summed E-state index contributed by atoms with van der Waals surface area (Å²) in [4.78, 5) is 10.1. The van der Waals surface area contributed by atoms with E-state index in [1.165, 1.54) is 6.33 Å². The number of nitrogens with zero attached hydrogens (tertiary/aromatic N) is 3. The minimum Gasteiger partial charge on any atom is -0.370 e. The van der Waals surface area contributed by atoms with E-state index in [2.05, 4.69) is 39.7 Å². The van der Waals surface area contributed by atoms with E-state index in [-0.39, 0.29) is 0 Å². The van der Waals surface area contributed by atoms with Crippen LogP contribution in [-0.4, -0.2) is 42.1 Å². The molecule has 0 saturated heterocycles. The quantitative estimate of drug-likeness (QED) is 0.352. The molecule has 0 aromatic carbocycles. The number of hydrogen-bond donors (Lipinski definition) is 3. The molecule has 0 atom stereocenters. The fourth-order valence-electron chi connectivity index (χ4n) is 1.14. The Bertz CT molecular complexity index is 288. The second kappa shape index (κ2) is 6.15. The maximum atomic E-state index is 5.24. The number of hydrazine groups is 1. The molecule has 0 saturated carbocycles. The summed E-state index contributed by atoms with van der Waals surface area (Å²) in [6.45, 7) is 1.94. The molecular formula is C9H18N6. The van der Waals surface area contributed by atoms with Gasteiger partial charge in [-0.25, -0.2) is 15.8 Å². The van der Waals surface area contributed by atoms with E-state index in [9.17, 15) is 0 Å². The standard InChI is InChI=1S/C9H18N6/c1-15(2)5-3-4-11-8-6-9(14-10)13-7-12-8/h6-7H,3-5,10H2,1-2H3,(H2,11,12,13,14). The predicted octanol–water partition coefficient (Wildman–Crippen LogP) is 0.126. The molecule has 0 aliphatic heterocycles. The Balaban J connectivity index is 2.30. The van der Waals surface area contributed by atoms with Crippen molar-refractivity contribution in [3.05, 3.63) is 12.4 Å². The van der Waals surface area contributed by atoms with Crippen LogP contribution in [-0.2, 0) is 0 Å². The van der Waals surface area contributed by atoms with Crippen molar-refractivity contribution in [3.63, 3.8) is 0 Å². The van der Waals surface area contributed by atoms with Gasteiger partial charge in [0.1, 0.15) is 18.0 Å². The maximum Gasteiger partial charge on any atom is 0.145 e. The molecule has 6 nitrogen and oxygen atoms in total. The van der Waals surface area contributed by atoms with Gasteiger partial charge in [0.2, 0.25) is 0 Å². The fraction of sp³-hybridized carbons (Fsp3) is 0.556. The zero-order valence-corrected chi connectivity index (χ0v) is 9.20. The van der Waals surface area contributed by atoms with Gasteiger partial charge >= 0.3 is 0 Å². The molecule has 0 aliphatic carbocycles. The fourth-order valence-corrected chi connectivity index (χ4v) is 1.14. The maximum absolute atomic E-state index is 5.24. The van der Waals surface area contributed by atoms with Crippen molar-refractivity contribution < 1.29 is 0 Å². The lowest BCUT2D eigenvalue weighted by atomic mass is 10.4. The zero-order valence-electron chi connectivity index (χ0n) is 9.20. The highest BCUT2D eigenvalue weighted by molar-refractivity contribution is 5.45. The molecule has 1 heterocycles. The van der Waals surface area contributed by atoms with Crippen LogP contribution in [0.5, 0.6) is 0 Å². The SMILES string of the molecule is CN(C)CCCNc1cc(NN)ncn1. The molecule has 0 bridgehead atoms. The van der Waals surface area contributed by atoms with E-state index < -0.39 is 0 Å². The van der Waals surface area contributed by atoms with Gasteiger partial charge in [-0.1, -0.05) is 0 Å². The second-order valence-electron chi connectivity index (χ2n) is 3.52. The van der Waals surface area contributed by atoms with Crippen LogP contribution in [0.15, 0.2) is 12.4 Å². The number of hydrogen-bond acceptors (Lipinski definition) is 6. The Hall–Kier alpha value is -1.40. The third kappa shape index (κ3) is 4.57. The van der Waals surface area contributed by atoms with Crippen LogP contribution >= 0.6 is 0 Å². The van der Waals surface area contributed by atoms with Crippen molar-refractivity contribution in [1.82, 2.24) is 14.9 Å². The Morgan fingerprint density at radius 2 is 2.07 bits per heavy atom. The number of aromatic nitrogens is 2. The number of nitrogens with one attached hydrogen (secondary N) is 2. The Morgan fingerprint density at radius 1 is 1.33 bits per heavy atom. The predicted molar refractivity (Wildman–Crippen MR) is 61.5 cm³/mol. The average molecular weight is 210 g/mol. The summed E-state index contributed by atoms with van der Waals surface area (Å²) >= 11 is 0. The molecule has 6 heteroatoms. The molecule has 1 aromatic heterocycles. The monoisotopic (exact) mass is 210 g/mol. The van der Waals surface area contributed by atoms with Crippen LogP contribution in [0.4, 0.5) is 11.6 Å². The van der Waals surface area contributed by atoms with Crippen molar-refractivity contribution in [2.75, 3.05) is 37.9 Å². The molecule has 0 amide bonds. The van der Waals surface area contributed by atoms with Gasteiger partial charge in [0.15, 0.2) is 0 Å². The third-order valence-electron chi connectivity index (χ3n) is 1.90. The first kappa shape index (κ1) is 11.7. The van der Waals surface area contributed by atoms with Crippen molar-refractivity contribution in [2.24, 2.45) is 5.84 Å². The van der Waals surface area contributed by atoms with Crippen molar-refractivity contribution >= 4 is 11.6 Å². The molecular weight excluding hydrogens is 192 g/mol. The Labute approximate surface area is 89.9 Å². The minimum absolute atomic E-state index is 0.611. The molecule has 4 N–H and O–H groups in total. The van der Waals surface area contributed by atoms with Gasteiger partial charge in [-0.2, -0.15) is 0 Å². The summed E-state index contributed by atoms with van der Waals surface area (Å²) in [5, 5.41) is 3.20. The summed E-state index contributed by atoms with van der Waals surface area (Å²) in [5.41, 5.74) is 2.48. The smallest absolute Gasteiger partial charge is 0.145 e. The summed E-state index contributed by atoms with van der Waals surface area (Å²) in [5.74, 6) is 6.64. The van der Waals surface area contributed by atoms with Crippen LogP contribution < -0.4 is 16.6 Å². The van der Waals surface area contributed by atoms with Crippen molar-refractivity contribution in [2.45, 2.75) is 6.42 Å². The normalized spacial score (nSPS) is 10.4. The largest absolute Gasteiger partial charge is 0.370 e. The number of nitrogen functional groups attached to an aromatic ring is 1. The third-order valence-corrected chi connectivity index (χ3v) is 1.90. The van der Waals surface area contributed by atoms with Gasteiger partial charge in [-0.05, 0) is 27.1 Å². The van der Waals surface area contributed by atoms with E-state index in [1.54, 1.807) is 6.07 Å². The van der Waals surface area contributed by atoms with Crippen LogP contribution in [0.25, 0.3) is 0 Å². The molecule has 0 spiro atoms. The van der Waals surface area contributed by atoms with Gasteiger partial charge in [0, 0.05) is 12.6 Å². The average Bonchev–Trinajstić information content (AvgIpc) is 2.24. The van der Waals surface area contributed by atoms with Gasteiger partial charge in [-0.15, -0.1) is 0 Å². The summed E-state index contributed by atoms with van der Waals surface area (Å²) in [6.07, 6.45) is 2.55. The number of anilines is 2. The van der Waals surface area contributed by atoms with Gasteiger partial charge < -0.3 is 15.6 Å². The van der Waals surface area contributed by atoms with E-state index in [1.807, 2.05) is 0 Å². The highest BCUT2D eigenvalue weighted by Crippen LogP contribution is 2.06. The van der Waals surface area contributed by atoms with E-state index >= 15 is 0 Å². The second-order valence-corrected chi connectivity index (χ2v) is 3.52. The summed E-state index contributed by atoms with van der Waals surface area (Å²) < 4.78 is 0. The first-order valence-electron chi connectivity index (χ1n) is 4.89. The lowest BCUT2D eigenvalue weighted by molar-refractivity contribution is 0.405. The van der Waals surface area contributed by atoms with Gasteiger partial charge in [0.25, 0.3) is 0 Å². The lowest BCUT2D eigenvalue weighted by Gasteiger charge is -2.10. The van der Waals surface area contributed by atoms with Crippen LogP contribution in [0, 0.1) is 0 Å². The van der Waals surface area contributed by atoms with Crippen LogP contribution in [0.1, 0.15) is 6.42 Å². The molecule has 84 valence electrons. The van der Waals surface area contributed by atoms with Crippen LogP contribution in [0.3, 0.4) is 0 Å². The summed E-state index contributed by atoms with van der Waals surface area (Å²) in [7, 11) is 4.11. The van der Waals surface area contributed by atoms with E-state index in [0.717, 1.165) is 25.3 Å². The molecule has 0 unspecified atom stereocenters. The molecule has 15 heavy (non-hydrogen) atoms. The first-order valence-corrected chi connectivity index (χ1v) is 4.89. The molecule has 0 aliphatic rings. The zero-order chi connectivity index (χ0) is 11.1. The van der Waals surface area contributed by atoms with Crippen molar-refractivity contribution in [3.8, 4) is 0 Å². The molecule has 1 rings (SSSR count). The van der Waals surface area contributed by atoms with Gasteiger partial charge in [0.05, 0.1) is 0 Å². The lowest BCUT2D eigenvalue weighted by Crippen LogP contribution is -2.17. The highest BCUT2D eigenvalue weighted by atomic mass is 15.3. The highest BCUT2D eigenvalue weighted by Gasteiger charge is 1.96. The molecule has 0 radical (unpaired) electrons. The summed E-state index contributed by atoms with van der Waals surface area (Å²) in [6, 6.07) is 1.77. The Morgan fingerprint density at radius 3 is 2.73 bits per heavy atom. The Kier molecular flexibility index (Phi) is 4.79. The van der Waals surface area contributed by atoms with E-state index in [0.29, 0.717) is 5.82 Å². The van der Waals surface area contributed by atoms with Crippen molar-refractivity contribution in [1.29, 1.82) is 0 Å². The first-order chi connectivity index (χ1) is 7.22. The van der Waals surface area contributed by atoms with Gasteiger partial charge in [-0.3, -0.25) is 0 Å². The number of rotatable bonds is 6. The molecule has 0 fully saturated rings. The van der Waals surface area contributed by atoms with E-state index in [4.69, 9.17) is 5.84 Å². The van der Waals surface area contributed by atoms with Crippen LogP contribution in [0.2, 0.25) is 0 Å².